The first-order valence-electron chi connectivity index (χ1n) is 7.61. The minimum Gasteiger partial charge on any atom is -0.313 e. The molecule has 0 bridgehead atoms. The molecule has 4 heteroatoms. The summed E-state index contributed by atoms with van der Waals surface area (Å²) < 4.78 is 2.11. The second-order valence-corrected chi connectivity index (χ2v) is 5.38. The molecule has 0 atom stereocenters. The number of carbonyl (C=O) groups is 1. The quantitative estimate of drug-likeness (QED) is 0.535. The molecule has 0 aliphatic carbocycles. The van der Waals surface area contributed by atoms with Gasteiger partial charge in [0.25, 0.3) is 0 Å². The molecule has 23 heavy (non-hydrogen) atoms. The number of para-hydroxylation sites is 2. The van der Waals surface area contributed by atoms with Crippen LogP contribution < -0.4 is 0 Å². The Morgan fingerprint density at radius 1 is 1.13 bits per heavy atom. The van der Waals surface area contributed by atoms with Crippen molar-refractivity contribution in [3.8, 4) is 5.69 Å². The fourth-order valence-electron chi connectivity index (χ4n) is 3.02. The molecule has 0 aliphatic heterocycles. The van der Waals surface area contributed by atoms with Crippen LogP contribution in [0.15, 0.2) is 48.5 Å². The van der Waals surface area contributed by atoms with Gasteiger partial charge in [0.1, 0.15) is 0 Å². The lowest BCUT2D eigenvalue weighted by molar-refractivity contribution is -0.216. The van der Waals surface area contributed by atoms with Gasteiger partial charge >= 0.3 is 5.97 Å². The molecule has 0 fully saturated rings. The van der Waals surface area contributed by atoms with E-state index >= 15 is 0 Å². The Hall–Kier alpha value is -2.59. The van der Waals surface area contributed by atoms with Gasteiger partial charge in [0, 0.05) is 11.1 Å². The highest BCUT2D eigenvalue weighted by atomic mass is 17.2. The lowest BCUT2D eigenvalue weighted by Crippen LogP contribution is -2.12. The predicted octanol–water partition coefficient (Wildman–Crippen LogP) is 4.22. The average molecular weight is 309 g/mol. The zero-order chi connectivity index (χ0) is 16.4. The van der Waals surface area contributed by atoms with Crippen molar-refractivity contribution in [2.24, 2.45) is 0 Å². The third kappa shape index (κ3) is 2.62. The van der Waals surface area contributed by atoms with Gasteiger partial charge < -0.3 is 4.57 Å². The summed E-state index contributed by atoms with van der Waals surface area (Å²) in [6.45, 7) is 4.11. The van der Waals surface area contributed by atoms with Crippen LogP contribution in [0.3, 0.4) is 0 Å². The number of nitrogens with zero attached hydrogens (tertiary/aromatic N) is 1. The van der Waals surface area contributed by atoms with Crippen molar-refractivity contribution >= 4 is 16.9 Å². The van der Waals surface area contributed by atoms with Crippen LogP contribution in [-0.4, -0.2) is 17.6 Å². The molecule has 1 heterocycles. The van der Waals surface area contributed by atoms with Gasteiger partial charge in [0.2, 0.25) is 0 Å². The Labute approximate surface area is 135 Å². The number of carbonyl (C=O) groups excluding carboxylic acids is 1. The third-order valence-corrected chi connectivity index (χ3v) is 4.00. The normalized spacial score (nSPS) is 10.9. The number of benzene rings is 2. The van der Waals surface area contributed by atoms with Crippen molar-refractivity contribution in [3.63, 3.8) is 0 Å². The Balaban J connectivity index is 2.33. The Morgan fingerprint density at radius 2 is 1.91 bits per heavy atom. The maximum absolute atomic E-state index is 12.3. The highest BCUT2D eigenvalue weighted by Crippen LogP contribution is 2.29. The molecular weight excluding hydrogens is 290 g/mol. The van der Waals surface area contributed by atoms with Gasteiger partial charge in [-0.2, -0.15) is 4.89 Å². The number of rotatable bonds is 4. The van der Waals surface area contributed by atoms with E-state index in [-0.39, 0.29) is 0 Å². The summed E-state index contributed by atoms with van der Waals surface area (Å²) in [7, 11) is 1.33. The van der Waals surface area contributed by atoms with Gasteiger partial charge in [0.05, 0.1) is 23.9 Å². The summed E-state index contributed by atoms with van der Waals surface area (Å²) in [5.74, 6) is -0.491. The Kier molecular flexibility index (Phi) is 4.17. The average Bonchev–Trinajstić information content (AvgIpc) is 2.89. The summed E-state index contributed by atoms with van der Waals surface area (Å²) in [4.78, 5) is 21.6. The molecule has 1 aromatic heterocycles. The van der Waals surface area contributed by atoms with Gasteiger partial charge in [-0.1, -0.05) is 37.3 Å². The standard InChI is InChI=1S/C19H19NO3/c1-4-14-9-7-10-16(19(21)23-22-3)18(14)20-13(2)12-15-8-5-6-11-17(15)20/h5-12H,4H2,1-3H3. The van der Waals surface area contributed by atoms with Crippen molar-refractivity contribution < 1.29 is 14.6 Å². The van der Waals surface area contributed by atoms with Crippen molar-refractivity contribution in [2.75, 3.05) is 7.11 Å². The largest absolute Gasteiger partial charge is 0.375 e. The maximum Gasteiger partial charge on any atom is 0.375 e. The van der Waals surface area contributed by atoms with E-state index in [0.717, 1.165) is 34.3 Å². The van der Waals surface area contributed by atoms with E-state index in [2.05, 4.69) is 34.6 Å². The zero-order valence-corrected chi connectivity index (χ0v) is 13.5. The highest BCUT2D eigenvalue weighted by Gasteiger charge is 2.20. The predicted molar refractivity (Wildman–Crippen MR) is 89.8 cm³/mol. The molecule has 2 aromatic carbocycles. The van der Waals surface area contributed by atoms with Crippen LogP contribution >= 0.6 is 0 Å². The van der Waals surface area contributed by atoms with Gasteiger partial charge in [-0.3, -0.25) is 4.89 Å². The zero-order valence-electron chi connectivity index (χ0n) is 13.5. The van der Waals surface area contributed by atoms with Crippen LogP contribution in [0.5, 0.6) is 0 Å². The molecular formula is C19H19NO3. The number of aromatic nitrogens is 1. The fraction of sp³-hybridized carbons (Fsp3) is 0.211. The van der Waals surface area contributed by atoms with E-state index in [1.54, 1.807) is 6.07 Å². The van der Waals surface area contributed by atoms with Crippen LogP contribution in [0.1, 0.15) is 28.5 Å². The molecule has 0 radical (unpaired) electrons. The Bertz CT molecular complexity index is 864. The number of aryl methyl sites for hydroxylation is 2. The molecule has 3 aromatic rings. The van der Waals surface area contributed by atoms with Gasteiger partial charge in [-0.25, -0.2) is 4.79 Å². The molecule has 0 saturated carbocycles. The van der Waals surface area contributed by atoms with Crippen molar-refractivity contribution in [3.05, 3.63) is 65.4 Å². The first-order valence-corrected chi connectivity index (χ1v) is 7.61. The molecule has 0 N–H and O–H groups in total. The van der Waals surface area contributed by atoms with Crippen LogP contribution in [0.2, 0.25) is 0 Å². The van der Waals surface area contributed by atoms with E-state index in [9.17, 15) is 4.79 Å². The first kappa shape index (κ1) is 15.3. The molecule has 0 aliphatic rings. The van der Waals surface area contributed by atoms with Crippen molar-refractivity contribution in [1.82, 2.24) is 4.57 Å². The smallest absolute Gasteiger partial charge is 0.313 e. The molecule has 4 nitrogen and oxygen atoms in total. The monoisotopic (exact) mass is 309 g/mol. The number of hydrogen-bond donors (Lipinski definition) is 0. The lowest BCUT2D eigenvalue weighted by Gasteiger charge is -2.16. The summed E-state index contributed by atoms with van der Waals surface area (Å²) >= 11 is 0. The minimum atomic E-state index is -0.491. The topological polar surface area (TPSA) is 40.5 Å². The molecule has 118 valence electrons. The van der Waals surface area contributed by atoms with E-state index in [0.29, 0.717) is 5.56 Å². The van der Waals surface area contributed by atoms with Gasteiger partial charge in [-0.15, -0.1) is 0 Å². The number of fused-ring (bicyclic) bond motifs is 1. The molecule has 0 saturated heterocycles. The number of hydrogen-bond acceptors (Lipinski definition) is 3. The summed E-state index contributed by atoms with van der Waals surface area (Å²) in [6, 6.07) is 15.9. The second-order valence-electron chi connectivity index (χ2n) is 5.38. The van der Waals surface area contributed by atoms with Gasteiger partial charge in [0.15, 0.2) is 0 Å². The highest BCUT2D eigenvalue weighted by molar-refractivity contribution is 5.95. The van der Waals surface area contributed by atoms with Crippen LogP contribution in [0.25, 0.3) is 16.6 Å². The SMILES string of the molecule is CCc1cccc(C(=O)OOC)c1-n1c(C)cc2ccccc21. The van der Waals surface area contributed by atoms with Crippen LogP contribution in [-0.2, 0) is 16.2 Å². The van der Waals surface area contributed by atoms with Crippen LogP contribution in [0.4, 0.5) is 0 Å². The summed E-state index contributed by atoms with van der Waals surface area (Å²) in [5, 5.41) is 1.14. The van der Waals surface area contributed by atoms with E-state index in [4.69, 9.17) is 4.89 Å². The molecule has 3 rings (SSSR count). The molecule has 0 spiro atoms. The van der Waals surface area contributed by atoms with Crippen molar-refractivity contribution in [1.29, 1.82) is 0 Å². The molecule has 0 amide bonds. The minimum absolute atomic E-state index is 0.491. The first-order chi connectivity index (χ1) is 11.2. The van der Waals surface area contributed by atoms with Crippen LogP contribution in [0, 0.1) is 6.92 Å². The summed E-state index contributed by atoms with van der Waals surface area (Å²) in [6.07, 6.45) is 0.815. The lowest BCUT2D eigenvalue weighted by atomic mass is 10.0. The maximum atomic E-state index is 12.3. The molecule has 0 unspecified atom stereocenters. The van der Waals surface area contributed by atoms with Crippen molar-refractivity contribution in [2.45, 2.75) is 20.3 Å². The van der Waals surface area contributed by atoms with E-state index in [1.807, 2.05) is 31.2 Å². The Morgan fingerprint density at radius 3 is 2.65 bits per heavy atom. The second kappa shape index (κ2) is 6.26. The van der Waals surface area contributed by atoms with E-state index < -0.39 is 5.97 Å². The fourth-order valence-corrected chi connectivity index (χ4v) is 3.02. The van der Waals surface area contributed by atoms with E-state index in [1.165, 1.54) is 7.11 Å². The van der Waals surface area contributed by atoms with Gasteiger partial charge in [-0.05, 0) is 37.1 Å². The summed E-state index contributed by atoms with van der Waals surface area (Å²) in [5.41, 5.74) is 4.57. The third-order valence-electron chi connectivity index (χ3n) is 4.00.